The third-order valence-corrected chi connectivity index (χ3v) is 10.5. The van der Waals surface area contributed by atoms with Crippen molar-refractivity contribution in [2.45, 2.75) is 13.8 Å². The lowest BCUT2D eigenvalue weighted by atomic mass is 9.93. The van der Waals surface area contributed by atoms with E-state index in [0.29, 0.717) is 0 Å². The Hall–Kier alpha value is -6.90. The standard InChI is InChI=1S/C52H38O2/c1-5-36(28-34(3)40-18-8-6-7-9-19-41(43-21-13-12-20-42(40)43)35(4)29-37-17-11-10-16-33(37)2)38-24-26-49-46(30-38)47-32-45-39(31-51(47)54-49)25-27-50-52(45)44-22-14-15-23-48(44)53-50/h5-32H,2,4H2,1,3H3/b7-6?,8-6?,9-7?,18-8?,19-9?,34-28+,36-5+,37-29-,40-18?,41-19?,42-40?,43-41?. The molecule has 0 aliphatic carbocycles. The molecule has 9 rings (SSSR count). The summed E-state index contributed by atoms with van der Waals surface area (Å²) in [6, 6.07) is 52.9. The number of hydrogen-bond acceptors (Lipinski definition) is 2. The Kier molecular flexibility index (Phi) is 8.29. The fourth-order valence-corrected chi connectivity index (χ4v) is 7.77. The lowest BCUT2D eigenvalue weighted by Gasteiger charge is -2.11. The first kappa shape index (κ1) is 33.0. The van der Waals surface area contributed by atoms with Gasteiger partial charge in [0.05, 0.1) is 0 Å². The summed E-state index contributed by atoms with van der Waals surface area (Å²) in [5.74, 6) is 0. The van der Waals surface area contributed by atoms with E-state index in [2.05, 4.69) is 167 Å². The van der Waals surface area contributed by atoms with Crippen molar-refractivity contribution in [2.75, 3.05) is 0 Å². The monoisotopic (exact) mass is 694 g/mol. The summed E-state index contributed by atoms with van der Waals surface area (Å²) in [7, 11) is 0. The van der Waals surface area contributed by atoms with Crippen LogP contribution in [-0.4, -0.2) is 0 Å². The molecule has 0 bridgehead atoms. The van der Waals surface area contributed by atoms with Gasteiger partial charge < -0.3 is 8.83 Å². The van der Waals surface area contributed by atoms with Crippen LogP contribution in [0.2, 0.25) is 0 Å². The first-order chi connectivity index (χ1) is 26.5. The molecular formula is C52H38O2. The number of para-hydroxylation sites is 1. The predicted octanol–water partition coefficient (Wildman–Crippen LogP) is 13.3. The van der Waals surface area contributed by atoms with Gasteiger partial charge in [-0.25, -0.2) is 0 Å². The molecule has 2 nitrogen and oxygen atoms in total. The van der Waals surface area contributed by atoms with Crippen LogP contribution in [0.15, 0.2) is 179 Å². The van der Waals surface area contributed by atoms with E-state index in [1.165, 1.54) is 0 Å². The van der Waals surface area contributed by atoms with Gasteiger partial charge in [0.15, 0.2) is 0 Å². The summed E-state index contributed by atoms with van der Waals surface area (Å²) >= 11 is 0. The summed E-state index contributed by atoms with van der Waals surface area (Å²) < 4.78 is 12.7. The van der Waals surface area contributed by atoms with E-state index < -0.39 is 0 Å². The van der Waals surface area contributed by atoms with Crippen molar-refractivity contribution in [1.29, 1.82) is 0 Å². The molecule has 9 aromatic rings. The molecule has 0 saturated heterocycles. The lowest BCUT2D eigenvalue weighted by molar-refractivity contribution is 0.668. The normalized spacial score (nSPS) is 12.7. The van der Waals surface area contributed by atoms with E-state index in [1.807, 2.05) is 30.3 Å². The average Bonchev–Trinajstić information content (AvgIpc) is 3.76. The molecule has 54 heavy (non-hydrogen) atoms. The zero-order valence-corrected chi connectivity index (χ0v) is 30.4. The van der Waals surface area contributed by atoms with Crippen LogP contribution < -0.4 is 10.4 Å². The molecule has 2 heteroatoms. The molecule has 2 heterocycles. The molecule has 0 aliphatic rings. The van der Waals surface area contributed by atoms with Crippen LogP contribution in [0.3, 0.4) is 0 Å². The Morgan fingerprint density at radius 3 is 1.96 bits per heavy atom. The molecule has 0 saturated carbocycles. The second kappa shape index (κ2) is 13.6. The second-order valence-electron chi connectivity index (χ2n) is 13.8. The van der Waals surface area contributed by atoms with Crippen LogP contribution >= 0.6 is 0 Å². The number of fused-ring (bicyclic) bond motifs is 9. The van der Waals surface area contributed by atoms with Crippen LogP contribution in [-0.2, 0) is 0 Å². The van der Waals surface area contributed by atoms with E-state index >= 15 is 0 Å². The number of allylic oxidation sites excluding steroid dienone is 5. The molecule has 258 valence electrons. The van der Waals surface area contributed by atoms with Gasteiger partial charge in [-0.1, -0.05) is 141 Å². The van der Waals surface area contributed by atoms with Crippen LogP contribution in [0.1, 0.15) is 30.5 Å². The van der Waals surface area contributed by atoms with Crippen molar-refractivity contribution in [3.05, 3.63) is 198 Å². The van der Waals surface area contributed by atoms with Gasteiger partial charge in [0.25, 0.3) is 0 Å². The zero-order chi connectivity index (χ0) is 36.8. The van der Waals surface area contributed by atoms with E-state index in [-0.39, 0.29) is 0 Å². The Balaban J connectivity index is 1.18. The molecule has 0 N–H and O–H groups in total. The highest BCUT2D eigenvalue weighted by Gasteiger charge is 2.15. The van der Waals surface area contributed by atoms with Gasteiger partial charge in [0.1, 0.15) is 22.3 Å². The van der Waals surface area contributed by atoms with Crippen molar-refractivity contribution < 1.29 is 8.83 Å². The maximum atomic E-state index is 6.45. The summed E-state index contributed by atoms with van der Waals surface area (Å²) in [5, 5.41) is 11.0. The van der Waals surface area contributed by atoms with Crippen LogP contribution in [0.4, 0.5) is 0 Å². The third-order valence-electron chi connectivity index (χ3n) is 10.5. The lowest BCUT2D eigenvalue weighted by Crippen LogP contribution is -2.21. The first-order valence-corrected chi connectivity index (χ1v) is 18.3. The van der Waals surface area contributed by atoms with Gasteiger partial charge in [-0.05, 0) is 122 Å². The Morgan fingerprint density at radius 1 is 0.537 bits per heavy atom. The first-order valence-electron chi connectivity index (χ1n) is 18.3. The Morgan fingerprint density at radius 2 is 1.17 bits per heavy atom. The van der Waals surface area contributed by atoms with Gasteiger partial charge in [-0.15, -0.1) is 0 Å². The molecule has 7 aromatic carbocycles. The van der Waals surface area contributed by atoms with Crippen molar-refractivity contribution in [3.63, 3.8) is 0 Å². The zero-order valence-electron chi connectivity index (χ0n) is 30.4. The quantitative estimate of drug-likeness (QED) is 0.168. The predicted molar refractivity (Wildman–Crippen MR) is 232 cm³/mol. The van der Waals surface area contributed by atoms with Gasteiger partial charge in [-0.3, -0.25) is 0 Å². The fourth-order valence-electron chi connectivity index (χ4n) is 7.77. The Labute approximate surface area is 313 Å². The Bertz CT molecular complexity index is 3220. The maximum Gasteiger partial charge on any atom is 0.136 e. The molecular weight excluding hydrogens is 657 g/mol. The van der Waals surface area contributed by atoms with Gasteiger partial charge in [0, 0.05) is 21.5 Å². The molecule has 0 radical (unpaired) electrons. The van der Waals surface area contributed by atoms with Crippen molar-refractivity contribution >= 4 is 94.8 Å². The van der Waals surface area contributed by atoms with E-state index in [0.717, 1.165) is 109 Å². The van der Waals surface area contributed by atoms with E-state index in [1.54, 1.807) is 0 Å². The minimum atomic E-state index is 0.869. The molecule has 0 atom stereocenters. The molecule has 2 aromatic heterocycles. The van der Waals surface area contributed by atoms with Gasteiger partial charge in [-0.2, -0.15) is 0 Å². The number of benzene rings is 6. The van der Waals surface area contributed by atoms with Crippen molar-refractivity contribution in [2.24, 2.45) is 0 Å². The average molecular weight is 695 g/mol. The fraction of sp³-hybridized carbons (Fsp3) is 0.0385. The molecule has 0 unspecified atom stereocenters. The topological polar surface area (TPSA) is 26.3 Å². The second-order valence-corrected chi connectivity index (χ2v) is 13.8. The largest absolute Gasteiger partial charge is 0.456 e. The van der Waals surface area contributed by atoms with Crippen molar-refractivity contribution in [1.82, 2.24) is 0 Å². The summed E-state index contributed by atoms with van der Waals surface area (Å²) in [5.41, 5.74) is 10.1. The highest BCUT2D eigenvalue weighted by atomic mass is 16.3. The number of furan rings is 2. The smallest absolute Gasteiger partial charge is 0.136 e. The molecule has 0 fully saturated rings. The van der Waals surface area contributed by atoms with Crippen LogP contribution in [0, 0.1) is 0 Å². The maximum absolute atomic E-state index is 6.45. The number of hydrogen-bond donors (Lipinski definition) is 0. The summed E-state index contributed by atoms with van der Waals surface area (Å²) in [4.78, 5) is 0. The molecule has 0 spiro atoms. The SMILES string of the molecule is C=C(/C=c1/ccccc1=C)c1ccccccc(/C(C)=C/C(=C\C)c2ccc3oc4cc5ccc6oc7ccccc7c6c5cc4c3c2)c2ccccc12. The van der Waals surface area contributed by atoms with Crippen molar-refractivity contribution in [3.8, 4) is 0 Å². The van der Waals surface area contributed by atoms with Crippen LogP contribution in [0.5, 0.6) is 0 Å². The van der Waals surface area contributed by atoms with E-state index in [4.69, 9.17) is 8.83 Å². The molecule has 0 amide bonds. The highest BCUT2D eigenvalue weighted by molar-refractivity contribution is 6.22. The summed E-state index contributed by atoms with van der Waals surface area (Å²) in [6.45, 7) is 13.1. The number of rotatable bonds is 5. The van der Waals surface area contributed by atoms with Gasteiger partial charge >= 0.3 is 0 Å². The summed E-state index contributed by atoms with van der Waals surface area (Å²) in [6.07, 6.45) is 6.61. The van der Waals surface area contributed by atoms with Crippen LogP contribution in [0.25, 0.3) is 94.8 Å². The molecule has 0 aliphatic heterocycles. The van der Waals surface area contributed by atoms with Gasteiger partial charge in [0.2, 0.25) is 0 Å². The minimum absolute atomic E-state index is 0.869. The van der Waals surface area contributed by atoms with E-state index in [9.17, 15) is 0 Å². The third kappa shape index (κ3) is 5.79. The highest BCUT2D eigenvalue weighted by Crippen LogP contribution is 2.40. The minimum Gasteiger partial charge on any atom is -0.456 e.